The highest BCUT2D eigenvalue weighted by Crippen LogP contribution is 2.34. The summed E-state index contributed by atoms with van der Waals surface area (Å²) in [6.45, 7) is 2.17. The summed E-state index contributed by atoms with van der Waals surface area (Å²) in [6, 6.07) is 5.03. The second-order valence-corrected chi connectivity index (χ2v) is 5.35. The van der Waals surface area contributed by atoms with Crippen molar-refractivity contribution in [1.82, 2.24) is 0 Å². The Morgan fingerprint density at radius 3 is 2.74 bits per heavy atom. The summed E-state index contributed by atoms with van der Waals surface area (Å²) in [5, 5.41) is 3.32. The van der Waals surface area contributed by atoms with Crippen LogP contribution >= 0.6 is 0 Å². The van der Waals surface area contributed by atoms with E-state index in [2.05, 4.69) is 12.2 Å². The minimum absolute atomic E-state index is 0.0143. The molecule has 19 heavy (non-hydrogen) atoms. The Bertz CT molecular complexity index is 421. The van der Waals surface area contributed by atoms with Crippen molar-refractivity contribution in [2.24, 2.45) is 5.92 Å². The van der Waals surface area contributed by atoms with Crippen LogP contribution in [0, 0.1) is 5.92 Å². The van der Waals surface area contributed by atoms with E-state index in [1.807, 2.05) is 0 Å². The molecule has 4 heteroatoms. The van der Waals surface area contributed by atoms with Gasteiger partial charge in [-0.1, -0.05) is 26.2 Å². The van der Waals surface area contributed by atoms with Gasteiger partial charge in [0.05, 0.1) is 0 Å². The van der Waals surface area contributed by atoms with Crippen LogP contribution in [0.4, 0.5) is 20.2 Å². The van der Waals surface area contributed by atoms with Crippen molar-refractivity contribution in [3.05, 3.63) is 23.8 Å². The third-order valence-electron chi connectivity index (χ3n) is 4.09. The van der Waals surface area contributed by atoms with Crippen molar-refractivity contribution in [3.63, 3.8) is 0 Å². The van der Waals surface area contributed by atoms with Gasteiger partial charge in [-0.25, -0.2) is 8.78 Å². The highest BCUT2D eigenvalue weighted by atomic mass is 19.3. The second-order valence-electron chi connectivity index (χ2n) is 5.35. The van der Waals surface area contributed by atoms with Crippen molar-refractivity contribution >= 4 is 11.4 Å². The molecule has 2 unspecified atom stereocenters. The Balaban J connectivity index is 2.17. The van der Waals surface area contributed by atoms with Crippen molar-refractivity contribution in [2.75, 3.05) is 11.1 Å². The maximum Gasteiger partial charge on any atom is 0.265 e. The van der Waals surface area contributed by atoms with Crippen LogP contribution in [0.25, 0.3) is 0 Å². The second kappa shape index (κ2) is 6.22. The highest BCUT2D eigenvalue weighted by molar-refractivity contribution is 5.59. The quantitative estimate of drug-likeness (QED) is 0.784. The summed E-state index contributed by atoms with van der Waals surface area (Å²) in [4.78, 5) is 0. The largest absolute Gasteiger partial charge is 0.399 e. The van der Waals surface area contributed by atoms with E-state index in [-0.39, 0.29) is 5.56 Å². The van der Waals surface area contributed by atoms with Crippen molar-refractivity contribution in [3.8, 4) is 0 Å². The lowest BCUT2D eigenvalue weighted by atomic mass is 9.82. The topological polar surface area (TPSA) is 38.0 Å². The van der Waals surface area contributed by atoms with Gasteiger partial charge in [-0.15, -0.1) is 0 Å². The fourth-order valence-corrected chi connectivity index (χ4v) is 2.98. The summed E-state index contributed by atoms with van der Waals surface area (Å²) < 4.78 is 26.1. The average Bonchev–Trinajstić information content (AvgIpc) is 2.41. The van der Waals surface area contributed by atoms with Gasteiger partial charge < -0.3 is 11.1 Å². The van der Waals surface area contributed by atoms with Gasteiger partial charge >= 0.3 is 0 Å². The number of nitrogens with one attached hydrogen (secondary N) is 1. The molecule has 0 aromatic heterocycles. The van der Waals surface area contributed by atoms with Crippen LogP contribution in [0.15, 0.2) is 18.2 Å². The number of anilines is 2. The Morgan fingerprint density at radius 2 is 2.05 bits per heavy atom. The van der Waals surface area contributed by atoms with Crippen LogP contribution in [0.3, 0.4) is 0 Å². The molecule has 106 valence electrons. The van der Waals surface area contributed by atoms with Crippen LogP contribution in [0.5, 0.6) is 0 Å². The molecule has 1 aliphatic rings. The molecule has 0 spiro atoms. The zero-order valence-corrected chi connectivity index (χ0v) is 11.3. The molecular weight excluding hydrogens is 246 g/mol. The van der Waals surface area contributed by atoms with Gasteiger partial charge in [0.25, 0.3) is 6.43 Å². The fourth-order valence-electron chi connectivity index (χ4n) is 2.98. The number of nitrogens with two attached hydrogens (primary N) is 1. The van der Waals surface area contributed by atoms with E-state index >= 15 is 0 Å². The van der Waals surface area contributed by atoms with E-state index in [9.17, 15) is 8.78 Å². The van der Waals surface area contributed by atoms with Gasteiger partial charge in [-0.2, -0.15) is 0 Å². The molecule has 1 saturated carbocycles. The zero-order chi connectivity index (χ0) is 13.8. The number of hydrogen-bond acceptors (Lipinski definition) is 2. The first kappa shape index (κ1) is 14.1. The minimum atomic E-state index is -2.49. The summed E-state index contributed by atoms with van der Waals surface area (Å²) in [5.74, 6) is 0.580. The van der Waals surface area contributed by atoms with Gasteiger partial charge in [0.1, 0.15) is 0 Å². The molecule has 0 saturated heterocycles. The lowest BCUT2D eigenvalue weighted by Crippen LogP contribution is -2.32. The number of benzene rings is 1. The monoisotopic (exact) mass is 268 g/mol. The molecule has 0 amide bonds. The van der Waals surface area contributed by atoms with Crippen LogP contribution < -0.4 is 11.1 Å². The number of halogens is 2. The van der Waals surface area contributed by atoms with E-state index in [0.29, 0.717) is 23.3 Å². The molecule has 1 fully saturated rings. The highest BCUT2D eigenvalue weighted by Gasteiger charge is 2.25. The molecule has 0 bridgehead atoms. The lowest BCUT2D eigenvalue weighted by Gasteiger charge is -2.33. The first-order chi connectivity index (χ1) is 9.11. The Kier molecular flexibility index (Phi) is 4.61. The maximum absolute atomic E-state index is 13.0. The third-order valence-corrected chi connectivity index (χ3v) is 4.09. The molecule has 0 radical (unpaired) electrons. The van der Waals surface area contributed by atoms with Gasteiger partial charge in [0, 0.05) is 23.0 Å². The molecule has 2 nitrogen and oxygen atoms in total. The number of nitrogen functional groups attached to an aromatic ring is 1. The molecule has 3 N–H and O–H groups in total. The van der Waals surface area contributed by atoms with Crippen LogP contribution in [-0.2, 0) is 0 Å². The molecule has 2 atom stereocenters. The minimum Gasteiger partial charge on any atom is -0.399 e. The van der Waals surface area contributed by atoms with Gasteiger partial charge in [-0.05, 0) is 37.0 Å². The summed E-state index contributed by atoms with van der Waals surface area (Å²) in [5.41, 5.74) is 6.53. The average molecular weight is 268 g/mol. The molecule has 0 aliphatic heterocycles. The van der Waals surface area contributed by atoms with E-state index in [1.54, 1.807) is 12.1 Å². The first-order valence-corrected chi connectivity index (χ1v) is 7.06. The first-order valence-electron chi connectivity index (χ1n) is 7.06. The maximum atomic E-state index is 13.0. The normalized spacial score (nSPS) is 23.6. The summed E-state index contributed by atoms with van der Waals surface area (Å²) >= 11 is 0. The molecule has 2 rings (SSSR count). The standard InChI is InChI=1S/C15H22F2N2/c1-2-10-5-3-4-6-13(10)19-14-8-7-11(18)9-12(14)15(16)17/h7-10,13,15,19H,2-6,18H2,1H3. The van der Waals surface area contributed by atoms with Crippen LogP contribution in [-0.4, -0.2) is 6.04 Å². The van der Waals surface area contributed by atoms with Crippen molar-refractivity contribution in [1.29, 1.82) is 0 Å². The van der Waals surface area contributed by atoms with Crippen molar-refractivity contribution in [2.45, 2.75) is 51.5 Å². The molecule has 1 aromatic carbocycles. The number of hydrogen-bond donors (Lipinski definition) is 2. The van der Waals surface area contributed by atoms with Crippen LogP contribution in [0.1, 0.15) is 51.0 Å². The molecule has 1 aromatic rings. The zero-order valence-electron chi connectivity index (χ0n) is 11.3. The predicted octanol–water partition coefficient (Wildman–Crippen LogP) is 4.59. The summed E-state index contributed by atoms with van der Waals surface area (Å²) in [7, 11) is 0. The molecule has 0 heterocycles. The van der Waals surface area contributed by atoms with E-state index in [0.717, 1.165) is 12.8 Å². The van der Waals surface area contributed by atoms with Gasteiger partial charge in [0.2, 0.25) is 0 Å². The Labute approximate surface area is 113 Å². The molecular formula is C15H22F2N2. The third kappa shape index (κ3) is 3.37. The lowest BCUT2D eigenvalue weighted by molar-refractivity contribution is 0.152. The Morgan fingerprint density at radius 1 is 1.32 bits per heavy atom. The molecule has 1 aliphatic carbocycles. The summed E-state index contributed by atoms with van der Waals surface area (Å²) in [6.07, 6.45) is 3.28. The van der Waals surface area contributed by atoms with Crippen LogP contribution in [0.2, 0.25) is 0 Å². The van der Waals surface area contributed by atoms with E-state index in [4.69, 9.17) is 5.73 Å². The number of alkyl halides is 2. The van der Waals surface area contributed by atoms with E-state index in [1.165, 1.54) is 25.3 Å². The number of rotatable bonds is 4. The van der Waals surface area contributed by atoms with E-state index < -0.39 is 6.43 Å². The fraction of sp³-hybridized carbons (Fsp3) is 0.600. The van der Waals surface area contributed by atoms with Gasteiger partial charge in [0.15, 0.2) is 0 Å². The smallest absolute Gasteiger partial charge is 0.265 e. The Hall–Kier alpha value is -1.32. The SMILES string of the molecule is CCC1CCCCC1Nc1ccc(N)cc1C(F)F. The van der Waals surface area contributed by atoms with Crippen molar-refractivity contribution < 1.29 is 8.78 Å². The van der Waals surface area contributed by atoms with Gasteiger partial charge in [-0.3, -0.25) is 0 Å². The predicted molar refractivity (Wildman–Crippen MR) is 75.5 cm³/mol.